The summed E-state index contributed by atoms with van der Waals surface area (Å²) in [5, 5.41) is 25.9. The summed E-state index contributed by atoms with van der Waals surface area (Å²) in [6.07, 6.45) is 0. The molecule has 35 heavy (non-hydrogen) atoms. The van der Waals surface area contributed by atoms with Crippen LogP contribution in [0.15, 0.2) is 53.3 Å². The van der Waals surface area contributed by atoms with Gasteiger partial charge in [-0.1, -0.05) is 12.1 Å². The average Bonchev–Trinajstić information content (AvgIpc) is 2.89. The van der Waals surface area contributed by atoms with E-state index >= 15 is 0 Å². The second kappa shape index (κ2) is 10.5. The minimum absolute atomic E-state index is 0.0624. The highest BCUT2D eigenvalue weighted by Crippen LogP contribution is 2.30. The van der Waals surface area contributed by atoms with Crippen LogP contribution in [0.3, 0.4) is 0 Å². The highest BCUT2D eigenvalue weighted by molar-refractivity contribution is 5.68. The molecule has 1 N–H and O–H groups in total. The fraction of sp³-hybridized carbons (Fsp3) is 0.333. The lowest BCUT2D eigenvalue weighted by atomic mass is 10.1. The highest BCUT2D eigenvalue weighted by atomic mass is 16.6. The standard InChI is InChI=1S/C24H27N5O6/c1-26(8-11-30)23-16-20(17-4-3-5-19(14-17)34-2)25-28(24(23)31)22-15-18(6-7-21(22)29(32)33)27-9-12-35-13-10-27/h3-7,14-16,30H,8-13H2,1-2H3. The van der Waals surface area contributed by atoms with Crippen molar-refractivity contribution in [2.24, 2.45) is 0 Å². The van der Waals surface area contributed by atoms with Gasteiger partial charge in [0.05, 0.1) is 37.5 Å². The van der Waals surface area contributed by atoms with Gasteiger partial charge in [-0.05, 0) is 30.3 Å². The van der Waals surface area contributed by atoms with Crippen LogP contribution in [0.5, 0.6) is 5.75 Å². The molecule has 11 heteroatoms. The third-order valence-corrected chi connectivity index (χ3v) is 5.86. The van der Waals surface area contributed by atoms with Crippen LogP contribution in [0.25, 0.3) is 16.9 Å². The van der Waals surface area contributed by atoms with Gasteiger partial charge in [-0.3, -0.25) is 14.9 Å². The van der Waals surface area contributed by atoms with Gasteiger partial charge < -0.3 is 24.4 Å². The van der Waals surface area contributed by atoms with E-state index in [0.717, 1.165) is 10.4 Å². The zero-order chi connectivity index (χ0) is 24.9. The van der Waals surface area contributed by atoms with Gasteiger partial charge in [-0.15, -0.1) is 0 Å². The predicted octanol–water partition coefficient (Wildman–Crippen LogP) is 2.08. The van der Waals surface area contributed by atoms with Crippen LogP contribution in [0.4, 0.5) is 17.1 Å². The predicted molar refractivity (Wildman–Crippen MR) is 132 cm³/mol. The SMILES string of the molecule is COc1cccc(-c2cc(N(C)CCO)c(=O)n(-c3cc(N4CCOCC4)ccc3[N+](=O)[O-])n2)c1. The molecule has 0 amide bonds. The molecule has 4 rings (SSSR count). The van der Waals surface area contributed by atoms with Crippen molar-refractivity contribution in [1.29, 1.82) is 0 Å². The topological polar surface area (TPSA) is 123 Å². The Morgan fingerprint density at radius 2 is 1.97 bits per heavy atom. The van der Waals surface area contributed by atoms with Crippen LogP contribution in [-0.2, 0) is 4.74 Å². The normalized spacial score (nSPS) is 13.5. The summed E-state index contributed by atoms with van der Waals surface area (Å²) in [6.45, 7) is 2.39. The molecule has 2 heterocycles. The molecule has 0 unspecified atom stereocenters. The van der Waals surface area contributed by atoms with Crippen molar-refractivity contribution in [2.45, 2.75) is 0 Å². The lowest BCUT2D eigenvalue weighted by Crippen LogP contribution is -2.36. The van der Waals surface area contributed by atoms with E-state index in [9.17, 15) is 20.0 Å². The maximum absolute atomic E-state index is 13.6. The monoisotopic (exact) mass is 481 g/mol. The van der Waals surface area contributed by atoms with Crippen LogP contribution in [0.1, 0.15) is 0 Å². The van der Waals surface area contributed by atoms with E-state index in [0.29, 0.717) is 43.3 Å². The lowest BCUT2D eigenvalue weighted by molar-refractivity contribution is -0.384. The van der Waals surface area contributed by atoms with Gasteiger partial charge in [0.15, 0.2) is 0 Å². The maximum atomic E-state index is 13.6. The number of nitro groups is 1. The summed E-state index contributed by atoms with van der Waals surface area (Å²) in [7, 11) is 3.22. The Morgan fingerprint density at radius 1 is 1.20 bits per heavy atom. The van der Waals surface area contributed by atoms with Gasteiger partial charge >= 0.3 is 0 Å². The zero-order valence-corrected chi connectivity index (χ0v) is 19.6. The first kappa shape index (κ1) is 24.2. The van der Waals surface area contributed by atoms with Crippen molar-refractivity contribution >= 4 is 17.1 Å². The third-order valence-electron chi connectivity index (χ3n) is 5.86. The number of aromatic nitrogens is 2. The van der Waals surface area contributed by atoms with Crippen molar-refractivity contribution in [3.05, 3.63) is 69.0 Å². The molecular formula is C24H27N5O6. The third kappa shape index (κ3) is 5.10. The number of benzene rings is 2. The molecule has 3 aromatic rings. The maximum Gasteiger partial charge on any atom is 0.295 e. The van der Waals surface area contributed by atoms with E-state index in [2.05, 4.69) is 5.10 Å². The summed E-state index contributed by atoms with van der Waals surface area (Å²) >= 11 is 0. The van der Waals surface area contributed by atoms with Crippen molar-refractivity contribution < 1.29 is 19.5 Å². The first-order valence-electron chi connectivity index (χ1n) is 11.1. The number of rotatable bonds is 8. The Kier molecular flexibility index (Phi) is 7.28. The first-order valence-corrected chi connectivity index (χ1v) is 11.1. The minimum Gasteiger partial charge on any atom is -0.497 e. The molecule has 1 aliphatic heterocycles. The molecule has 11 nitrogen and oxygen atoms in total. The van der Waals surface area contributed by atoms with Gasteiger partial charge in [0.25, 0.3) is 11.2 Å². The number of methoxy groups -OCH3 is 1. The Bertz CT molecular complexity index is 1270. The van der Waals surface area contributed by atoms with Crippen molar-refractivity contribution in [3.8, 4) is 22.7 Å². The van der Waals surface area contributed by atoms with Gasteiger partial charge in [-0.2, -0.15) is 9.78 Å². The number of aliphatic hydroxyl groups excluding tert-OH is 1. The van der Waals surface area contributed by atoms with Crippen molar-refractivity contribution in [2.75, 3.05) is 63.4 Å². The van der Waals surface area contributed by atoms with Crippen LogP contribution >= 0.6 is 0 Å². The van der Waals surface area contributed by atoms with Crippen LogP contribution in [-0.4, -0.2) is 73.4 Å². The summed E-state index contributed by atoms with van der Waals surface area (Å²) < 4.78 is 11.8. The molecule has 1 saturated heterocycles. The Labute approximate surface area is 201 Å². The Balaban J connectivity index is 1.94. The lowest BCUT2D eigenvalue weighted by Gasteiger charge is -2.29. The summed E-state index contributed by atoms with van der Waals surface area (Å²) in [5.41, 5.74) is 1.37. The number of aliphatic hydroxyl groups is 1. The fourth-order valence-electron chi connectivity index (χ4n) is 3.97. The molecule has 1 aliphatic rings. The molecule has 0 aliphatic carbocycles. The second-order valence-electron chi connectivity index (χ2n) is 8.04. The molecule has 0 saturated carbocycles. The van der Waals surface area contributed by atoms with E-state index in [-0.39, 0.29) is 30.2 Å². The van der Waals surface area contributed by atoms with E-state index < -0.39 is 10.5 Å². The number of likely N-dealkylation sites (N-methyl/N-ethyl adjacent to an activating group) is 1. The molecule has 0 radical (unpaired) electrons. The first-order chi connectivity index (χ1) is 16.9. The summed E-state index contributed by atoms with van der Waals surface area (Å²) in [6, 6.07) is 13.5. The van der Waals surface area contributed by atoms with Crippen LogP contribution in [0.2, 0.25) is 0 Å². The van der Waals surface area contributed by atoms with Crippen LogP contribution in [0, 0.1) is 10.1 Å². The quantitative estimate of drug-likeness (QED) is 0.380. The molecule has 2 aromatic carbocycles. The molecule has 0 atom stereocenters. The summed E-state index contributed by atoms with van der Waals surface area (Å²) in [5.74, 6) is 0.604. The van der Waals surface area contributed by atoms with E-state index in [4.69, 9.17) is 9.47 Å². The molecule has 0 spiro atoms. The Hall–Kier alpha value is -3.96. The number of anilines is 2. The molecule has 1 fully saturated rings. The second-order valence-corrected chi connectivity index (χ2v) is 8.04. The number of nitrogens with zero attached hydrogens (tertiary/aromatic N) is 5. The zero-order valence-electron chi connectivity index (χ0n) is 19.6. The number of hydrogen-bond donors (Lipinski definition) is 1. The molecule has 184 valence electrons. The van der Waals surface area contributed by atoms with Gasteiger partial charge in [0.2, 0.25) is 0 Å². The van der Waals surface area contributed by atoms with Crippen molar-refractivity contribution in [3.63, 3.8) is 0 Å². The number of ether oxygens (including phenoxy) is 2. The highest BCUT2D eigenvalue weighted by Gasteiger charge is 2.23. The van der Waals surface area contributed by atoms with Gasteiger partial charge in [-0.25, -0.2) is 0 Å². The van der Waals surface area contributed by atoms with E-state index in [1.807, 2.05) is 11.0 Å². The van der Waals surface area contributed by atoms with Gasteiger partial charge in [0.1, 0.15) is 17.1 Å². The smallest absolute Gasteiger partial charge is 0.295 e. The fourth-order valence-corrected chi connectivity index (χ4v) is 3.97. The van der Waals surface area contributed by atoms with E-state index in [1.165, 1.54) is 6.07 Å². The Morgan fingerprint density at radius 3 is 2.66 bits per heavy atom. The van der Waals surface area contributed by atoms with E-state index in [1.54, 1.807) is 55.5 Å². The molecular weight excluding hydrogens is 454 g/mol. The molecule has 1 aromatic heterocycles. The van der Waals surface area contributed by atoms with Gasteiger partial charge in [0, 0.05) is 44.0 Å². The molecule has 0 bridgehead atoms. The summed E-state index contributed by atoms with van der Waals surface area (Å²) in [4.78, 5) is 28.6. The number of nitro benzene ring substituents is 1. The number of hydrogen-bond acceptors (Lipinski definition) is 9. The number of morpholine rings is 1. The minimum atomic E-state index is -0.533. The average molecular weight is 482 g/mol. The van der Waals surface area contributed by atoms with Crippen molar-refractivity contribution in [1.82, 2.24) is 9.78 Å². The van der Waals surface area contributed by atoms with Crippen LogP contribution < -0.4 is 20.1 Å². The largest absolute Gasteiger partial charge is 0.497 e.